The fraction of sp³-hybridized carbons (Fsp3) is 0.182. The van der Waals surface area contributed by atoms with E-state index < -0.39 is 0 Å². The molecule has 0 amide bonds. The van der Waals surface area contributed by atoms with Gasteiger partial charge in [0.2, 0.25) is 0 Å². The van der Waals surface area contributed by atoms with Gasteiger partial charge in [-0.1, -0.05) is 18.2 Å². The van der Waals surface area contributed by atoms with Crippen LogP contribution in [-0.2, 0) is 0 Å². The van der Waals surface area contributed by atoms with Crippen LogP contribution in [0.2, 0.25) is 0 Å². The summed E-state index contributed by atoms with van der Waals surface area (Å²) in [4.78, 5) is 5.57. The average molecular weight is 204 g/mol. The maximum Gasteiger partial charge on any atom is 0.0713 e. The molecule has 1 aromatic carbocycles. The largest absolute Gasteiger partial charge is 0.330 e. The maximum atomic E-state index is 5.48. The zero-order valence-electron chi connectivity index (χ0n) is 7.81. The molecule has 0 aliphatic carbocycles. The van der Waals surface area contributed by atoms with E-state index in [1.165, 1.54) is 10.3 Å². The number of rotatable bonds is 3. The Labute approximate surface area is 87.5 Å². The summed E-state index contributed by atoms with van der Waals surface area (Å²) in [5, 5.41) is 1.22. The predicted octanol–water partition coefficient (Wildman–Crippen LogP) is 2.29. The first-order valence-electron chi connectivity index (χ1n) is 4.58. The summed E-state index contributed by atoms with van der Waals surface area (Å²) >= 11 is 1.78. The van der Waals surface area contributed by atoms with Gasteiger partial charge in [-0.3, -0.25) is 4.98 Å². The quantitative estimate of drug-likeness (QED) is 0.780. The van der Waals surface area contributed by atoms with Crippen LogP contribution in [0, 0.1) is 0 Å². The van der Waals surface area contributed by atoms with Crippen LogP contribution >= 0.6 is 11.8 Å². The normalized spacial score (nSPS) is 10.6. The first-order chi connectivity index (χ1) is 6.92. The standard InChI is InChI=1S/C11H12N2S/c12-6-8-14-11-5-7-13-10-4-2-1-3-9(10)11/h1-5,7H,6,8,12H2. The Balaban J connectivity index is 2.43. The van der Waals surface area contributed by atoms with Gasteiger partial charge in [-0.25, -0.2) is 0 Å². The zero-order chi connectivity index (χ0) is 9.80. The van der Waals surface area contributed by atoms with Gasteiger partial charge in [0.05, 0.1) is 5.52 Å². The van der Waals surface area contributed by atoms with Crippen molar-refractivity contribution >= 4 is 22.7 Å². The molecule has 0 atom stereocenters. The van der Waals surface area contributed by atoms with Crippen molar-refractivity contribution in [2.45, 2.75) is 4.90 Å². The Bertz CT molecular complexity index is 423. The molecule has 0 saturated heterocycles. The van der Waals surface area contributed by atoms with E-state index in [1.54, 1.807) is 11.8 Å². The molecule has 2 aromatic rings. The highest BCUT2D eigenvalue weighted by Gasteiger charge is 2.00. The molecule has 0 radical (unpaired) electrons. The minimum absolute atomic E-state index is 0.710. The molecular weight excluding hydrogens is 192 g/mol. The number of nitrogens with two attached hydrogens (primary N) is 1. The summed E-state index contributed by atoms with van der Waals surface area (Å²) in [6, 6.07) is 10.2. The third kappa shape index (κ3) is 1.89. The number of pyridine rings is 1. The Hall–Kier alpha value is -1.06. The molecule has 0 aliphatic rings. The van der Waals surface area contributed by atoms with Gasteiger partial charge < -0.3 is 5.73 Å². The number of nitrogens with zero attached hydrogens (tertiary/aromatic N) is 1. The summed E-state index contributed by atoms with van der Waals surface area (Å²) < 4.78 is 0. The predicted molar refractivity (Wildman–Crippen MR) is 61.5 cm³/mol. The second kappa shape index (κ2) is 4.44. The summed E-state index contributed by atoms with van der Waals surface area (Å²) in [6.45, 7) is 0.710. The van der Waals surface area contributed by atoms with Gasteiger partial charge in [0.25, 0.3) is 0 Å². The van der Waals surface area contributed by atoms with Gasteiger partial charge in [0, 0.05) is 28.8 Å². The van der Waals surface area contributed by atoms with E-state index in [0.717, 1.165) is 11.3 Å². The Morgan fingerprint density at radius 3 is 2.93 bits per heavy atom. The van der Waals surface area contributed by atoms with Crippen molar-refractivity contribution in [2.75, 3.05) is 12.3 Å². The molecule has 2 nitrogen and oxygen atoms in total. The van der Waals surface area contributed by atoms with Gasteiger partial charge in [0.15, 0.2) is 0 Å². The molecule has 0 aliphatic heterocycles. The van der Waals surface area contributed by atoms with Crippen LogP contribution in [0.4, 0.5) is 0 Å². The lowest BCUT2D eigenvalue weighted by molar-refractivity contribution is 1.15. The monoisotopic (exact) mass is 204 g/mol. The van der Waals surface area contributed by atoms with Crippen molar-refractivity contribution in [1.82, 2.24) is 4.98 Å². The SMILES string of the molecule is NCCSc1ccnc2ccccc12. The number of para-hydroxylation sites is 1. The van der Waals surface area contributed by atoms with Gasteiger partial charge in [0.1, 0.15) is 0 Å². The lowest BCUT2D eigenvalue weighted by Gasteiger charge is -2.03. The van der Waals surface area contributed by atoms with Crippen molar-refractivity contribution in [2.24, 2.45) is 5.73 Å². The van der Waals surface area contributed by atoms with E-state index in [-0.39, 0.29) is 0 Å². The highest BCUT2D eigenvalue weighted by molar-refractivity contribution is 7.99. The van der Waals surface area contributed by atoms with Gasteiger partial charge in [-0.2, -0.15) is 0 Å². The summed E-state index contributed by atoms with van der Waals surface area (Å²) in [7, 11) is 0. The summed E-state index contributed by atoms with van der Waals surface area (Å²) in [5.74, 6) is 0.952. The van der Waals surface area contributed by atoms with Crippen LogP contribution in [0.5, 0.6) is 0 Å². The second-order valence-electron chi connectivity index (χ2n) is 2.96. The van der Waals surface area contributed by atoms with E-state index in [2.05, 4.69) is 11.1 Å². The lowest BCUT2D eigenvalue weighted by atomic mass is 10.2. The Kier molecular flexibility index (Phi) is 3.01. The topological polar surface area (TPSA) is 38.9 Å². The van der Waals surface area contributed by atoms with Gasteiger partial charge in [-0.05, 0) is 12.1 Å². The van der Waals surface area contributed by atoms with Crippen molar-refractivity contribution in [1.29, 1.82) is 0 Å². The summed E-state index contributed by atoms with van der Waals surface area (Å²) in [5.41, 5.74) is 6.53. The smallest absolute Gasteiger partial charge is 0.0713 e. The van der Waals surface area contributed by atoms with Crippen LogP contribution in [0.15, 0.2) is 41.4 Å². The Morgan fingerprint density at radius 2 is 2.07 bits per heavy atom. The molecule has 2 N–H and O–H groups in total. The molecule has 0 saturated carbocycles. The number of hydrogen-bond donors (Lipinski definition) is 1. The zero-order valence-corrected chi connectivity index (χ0v) is 8.63. The fourth-order valence-electron chi connectivity index (χ4n) is 1.36. The molecule has 2 rings (SSSR count). The molecular formula is C11H12N2S. The number of thioether (sulfide) groups is 1. The van der Waals surface area contributed by atoms with E-state index in [0.29, 0.717) is 6.54 Å². The van der Waals surface area contributed by atoms with Crippen molar-refractivity contribution < 1.29 is 0 Å². The fourth-order valence-corrected chi connectivity index (χ4v) is 2.19. The van der Waals surface area contributed by atoms with Crippen molar-refractivity contribution in [3.05, 3.63) is 36.5 Å². The third-order valence-corrected chi connectivity index (χ3v) is 3.09. The van der Waals surface area contributed by atoms with Crippen LogP contribution in [0.1, 0.15) is 0 Å². The highest BCUT2D eigenvalue weighted by atomic mass is 32.2. The first-order valence-corrected chi connectivity index (χ1v) is 5.57. The molecule has 14 heavy (non-hydrogen) atoms. The molecule has 0 fully saturated rings. The van der Waals surface area contributed by atoms with Crippen molar-refractivity contribution in [3.63, 3.8) is 0 Å². The molecule has 0 unspecified atom stereocenters. The highest BCUT2D eigenvalue weighted by Crippen LogP contribution is 2.25. The van der Waals surface area contributed by atoms with Crippen LogP contribution in [0.3, 0.4) is 0 Å². The molecule has 1 heterocycles. The Morgan fingerprint density at radius 1 is 1.21 bits per heavy atom. The van der Waals surface area contributed by atoms with Gasteiger partial charge in [-0.15, -0.1) is 11.8 Å². The van der Waals surface area contributed by atoms with E-state index in [4.69, 9.17) is 5.73 Å². The molecule has 72 valence electrons. The average Bonchev–Trinajstić information content (AvgIpc) is 2.26. The van der Waals surface area contributed by atoms with Crippen LogP contribution in [-0.4, -0.2) is 17.3 Å². The third-order valence-electron chi connectivity index (χ3n) is 1.98. The number of fused-ring (bicyclic) bond motifs is 1. The lowest BCUT2D eigenvalue weighted by Crippen LogP contribution is -2.00. The number of hydrogen-bond acceptors (Lipinski definition) is 3. The molecule has 3 heteroatoms. The van der Waals surface area contributed by atoms with Crippen molar-refractivity contribution in [3.8, 4) is 0 Å². The van der Waals surface area contributed by atoms with Crippen LogP contribution in [0.25, 0.3) is 10.9 Å². The summed E-state index contributed by atoms with van der Waals surface area (Å²) in [6.07, 6.45) is 1.85. The molecule has 0 spiro atoms. The van der Waals surface area contributed by atoms with E-state index in [1.807, 2.05) is 30.5 Å². The van der Waals surface area contributed by atoms with Crippen LogP contribution < -0.4 is 5.73 Å². The van der Waals surface area contributed by atoms with E-state index in [9.17, 15) is 0 Å². The minimum atomic E-state index is 0.710. The van der Waals surface area contributed by atoms with Gasteiger partial charge >= 0.3 is 0 Å². The minimum Gasteiger partial charge on any atom is -0.330 e. The maximum absolute atomic E-state index is 5.48. The molecule has 1 aromatic heterocycles. The number of benzene rings is 1. The second-order valence-corrected chi connectivity index (χ2v) is 4.10. The van der Waals surface area contributed by atoms with E-state index >= 15 is 0 Å². The number of aromatic nitrogens is 1. The molecule has 0 bridgehead atoms. The first kappa shape index (κ1) is 9.49.